The summed E-state index contributed by atoms with van der Waals surface area (Å²) in [7, 11) is 1.72. The maximum Gasteiger partial charge on any atom is 0.446 e. The maximum absolute atomic E-state index is 12.6. The van der Waals surface area contributed by atoms with Gasteiger partial charge < -0.3 is 10.4 Å². The summed E-state index contributed by atoms with van der Waals surface area (Å²) in [6.45, 7) is 0.207. The highest BCUT2D eigenvalue weighted by atomic mass is 32.2. The smallest absolute Gasteiger partial charge is 0.446 e. The summed E-state index contributed by atoms with van der Waals surface area (Å²) >= 11 is -0.243. The molecule has 1 aromatic carbocycles. The fourth-order valence-electron chi connectivity index (χ4n) is 2.54. The molecule has 0 aliphatic carbocycles. The third kappa shape index (κ3) is 4.45. The Labute approximate surface area is 156 Å². The average Bonchev–Trinajstić information content (AvgIpc) is 2.88. The van der Waals surface area contributed by atoms with Gasteiger partial charge in [-0.1, -0.05) is 0 Å². The number of pyridine rings is 1. The van der Waals surface area contributed by atoms with Crippen molar-refractivity contribution in [2.24, 2.45) is 0 Å². The maximum atomic E-state index is 12.6. The van der Waals surface area contributed by atoms with Crippen LogP contribution in [0.1, 0.15) is 5.56 Å². The molecule has 0 radical (unpaired) electrons. The molecule has 3 aromatic rings. The summed E-state index contributed by atoms with van der Waals surface area (Å²) < 4.78 is 39.6. The molecule has 3 rings (SSSR count). The Kier molecular flexibility index (Phi) is 5.17. The lowest BCUT2D eigenvalue weighted by Crippen LogP contribution is -2.23. The number of thioether (sulfide) groups is 1. The van der Waals surface area contributed by atoms with Crippen LogP contribution < -0.4 is 11.0 Å². The van der Waals surface area contributed by atoms with Gasteiger partial charge in [0.1, 0.15) is 5.82 Å². The number of rotatable bonds is 5. The van der Waals surface area contributed by atoms with Crippen molar-refractivity contribution in [3.05, 3.63) is 64.8 Å². The highest BCUT2D eigenvalue weighted by Gasteiger charge is 2.29. The van der Waals surface area contributed by atoms with E-state index in [0.717, 1.165) is 10.1 Å². The van der Waals surface area contributed by atoms with Gasteiger partial charge in [0.05, 0.1) is 18.4 Å². The molecular formula is C17H15F3N4O2S. The molecule has 0 atom stereocenters. The molecule has 2 heterocycles. The molecule has 0 spiro atoms. The molecule has 0 fully saturated rings. The van der Waals surface area contributed by atoms with Gasteiger partial charge >= 0.3 is 11.2 Å². The zero-order chi connectivity index (χ0) is 19.6. The number of halogens is 3. The van der Waals surface area contributed by atoms with Gasteiger partial charge in [0.15, 0.2) is 0 Å². The first-order chi connectivity index (χ1) is 12.8. The van der Waals surface area contributed by atoms with Crippen LogP contribution in [0.4, 0.5) is 19.0 Å². The van der Waals surface area contributed by atoms with Gasteiger partial charge in [0.2, 0.25) is 5.88 Å². The molecule has 0 saturated carbocycles. The van der Waals surface area contributed by atoms with E-state index >= 15 is 0 Å². The highest BCUT2D eigenvalue weighted by molar-refractivity contribution is 8.00. The largest absolute Gasteiger partial charge is 0.493 e. The molecule has 0 amide bonds. The minimum Gasteiger partial charge on any atom is -0.493 e. The predicted molar refractivity (Wildman–Crippen MR) is 96.5 cm³/mol. The Hall–Kier alpha value is -2.88. The van der Waals surface area contributed by atoms with Crippen LogP contribution in [0.15, 0.2) is 58.5 Å². The number of aromatic hydroxyl groups is 1. The van der Waals surface area contributed by atoms with Crippen LogP contribution in [0.3, 0.4) is 0 Å². The number of aromatic nitrogens is 3. The Morgan fingerprint density at radius 2 is 1.93 bits per heavy atom. The Morgan fingerprint density at radius 1 is 1.22 bits per heavy atom. The molecule has 10 heteroatoms. The van der Waals surface area contributed by atoms with E-state index in [9.17, 15) is 23.1 Å². The van der Waals surface area contributed by atoms with E-state index in [4.69, 9.17) is 0 Å². The molecule has 2 N–H and O–H groups in total. The van der Waals surface area contributed by atoms with Gasteiger partial charge in [-0.3, -0.25) is 4.57 Å². The summed E-state index contributed by atoms with van der Waals surface area (Å²) in [5.41, 5.74) is -3.83. The number of nitrogens with zero attached hydrogens (tertiary/aromatic N) is 3. The molecule has 0 aliphatic heterocycles. The quantitative estimate of drug-likeness (QED) is 0.647. The predicted octanol–water partition coefficient (Wildman–Crippen LogP) is 3.44. The van der Waals surface area contributed by atoms with Crippen LogP contribution in [-0.4, -0.2) is 31.8 Å². The topological polar surface area (TPSA) is 72.1 Å². The van der Waals surface area contributed by atoms with Crippen molar-refractivity contribution in [1.29, 1.82) is 0 Å². The summed E-state index contributed by atoms with van der Waals surface area (Å²) in [4.78, 5) is 16.7. The Morgan fingerprint density at radius 3 is 2.56 bits per heavy atom. The van der Waals surface area contributed by atoms with Crippen molar-refractivity contribution < 1.29 is 18.3 Å². The molecule has 6 nitrogen and oxygen atoms in total. The number of hydrogen-bond acceptors (Lipinski definition) is 5. The molecule has 142 valence electrons. The van der Waals surface area contributed by atoms with Crippen LogP contribution >= 0.6 is 11.8 Å². The van der Waals surface area contributed by atoms with Crippen molar-refractivity contribution >= 4 is 17.6 Å². The van der Waals surface area contributed by atoms with Crippen molar-refractivity contribution in [2.75, 3.05) is 12.4 Å². The second-order valence-corrected chi connectivity index (χ2v) is 6.71. The fraction of sp³-hybridized carbons (Fsp3) is 0.176. The highest BCUT2D eigenvalue weighted by Crippen LogP contribution is 2.37. The van der Waals surface area contributed by atoms with E-state index in [1.807, 2.05) is 0 Å². The number of anilines is 1. The van der Waals surface area contributed by atoms with E-state index in [1.54, 1.807) is 25.4 Å². The van der Waals surface area contributed by atoms with Gasteiger partial charge in [-0.05, 0) is 53.7 Å². The zero-order valence-electron chi connectivity index (χ0n) is 14.1. The van der Waals surface area contributed by atoms with Crippen molar-refractivity contribution in [3.63, 3.8) is 0 Å². The van der Waals surface area contributed by atoms with Crippen LogP contribution in [0.2, 0.25) is 0 Å². The first-order valence-corrected chi connectivity index (χ1v) is 8.58. The van der Waals surface area contributed by atoms with Crippen molar-refractivity contribution in [1.82, 2.24) is 14.1 Å². The second kappa shape index (κ2) is 7.39. The summed E-state index contributed by atoms with van der Waals surface area (Å²) in [5.74, 6) is 0.334. The first kappa shape index (κ1) is 18.9. The summed E-state index contributed by atoms with van der Waals surface area (Å²) in [6.07, 6.45) is 2.88. The molecule has 0 aliphatic rings. The molecule has 2 aromatic heterocycles. The number of imidazole rings is 1. The van der Waals surface area contributed by atoms with Crippen LogP contribution in [0, 0.1) is 0 Å². The van der Waals surface area contributed by atoms with E-state index in [-0.39, 0.29) is 34.8 Å². The molecule has 0 bridgehead atoms. The number of alkyl halides is 3. The second-order valence-electron chi connectivity index (χ2n) is 5.57. The third-order valence-corrected chi connectivity index (χ3v) is 4.44. The SMILES string of the molecule is CNc1cc(Cn2cc(O)n(-c3ccc(SC(F)(F)F)cc3)c2=O)ccn1. The average molecular weight is 396 g/mol. The lowest BCUT2D eigenvalue weighted by atomic mass is 10.2. The van der Waals surface area contributed by atoms with E-state index < -0.39 is 11.2 Å². The van der Waals surface area contributed by atoms with Crippen LogP contribution in [-0.2, 0) is 6.54 Å². The van der Waals surface area contributed by atoms with Gasteiger partial charge in [0.25, 0.3) is 0 Å². The van der Waals surface area contributed by atoms with E-state index in [1.165, 1.54) is 35.0 Å². The molecule has 0 unspecified atom stereocenters. The lowest BCUT2D eigenvalue weighted by Gasteiger charge is -2.07. The zero-order valence-corrected chi connectivity index (χ0v) is 14.9. The van der Waals surface area contributed by atoms with E-state index in [2.05, 4.69) is 10.3 Å². The minimum atomic E-state index is -4.39. The van der Waals surface area contributed by atoms with Crippen LogP contribution in [0.5, 0.6) is 5.88 Å². The normalized spacial score (nSPS) is 11.6. The monoisotopic (exact) mass is 396 g/mol. The number of benzene rings is 1. The number of nitrogens with one attached hydrogen (secondary N) is 1. The molecule has 0 saturated heterocycles. The first-order valence-electron chi connectivity index (χ1n) is 7.77. The third-order valence-electron chi connectivity index (χ3n) is 3.70. The standard InChI is InChI=1S/C17H15F3N4O2S/c1-21-14-8-11(6-7-22-14)9-23-10-15(25)24(16(23)26)12-2-4-13(5-3-12)27-17(18,19)20/h2-8,10,25H,9H2,1H3,(H,21,22). The van der Waals surface area contributed by atoms with Crippen LogP contribution in [0.25, 0.3) is 5.69 Å². The molecule has 27 heavy (non-hydrogen) atoms. The number of hydrogen-bond donors (Lipinski definition) is 2. The van der Waals surface area contributed by atoms with E-state index in [0.29, 0.717) is 5.82 Å². The van der Waals surface area contributed by atoms with Crippen molar-refractivity contribution in [2.45, 2.75) is 16.9 Å². The fourth-order valence-corrected chi connectivity index (χ4v) is 3.08. The summed E-state index contributed by atoms with van der Waals surface area (Å²) in [5, 5.41) is 13.0. The van der Waals surface area contributed by atoms with Crippen molar-refractivity contribution in [3.8, 4) is 11.6 Å². The van der Waals surface area contributed by atoms with Gasteiger partial charge in [-0.15, -0.1) is 0 Å². The van der Waals surface area contributed by atoms with Gasteiger partial charge in [-0.2, -0.15) is 13.2 Å². The Bertz CT molecular complexity index is 997. The summed E-state index contributed by atoms with van der Waals surface area (Å²) in [6, 6.07) is 8.71. The van der Waals surface area contributed by atoms with Gasteiger partial charge in [0, 0.05) is 18.1 Å². The lowest BCUT2D eigenvalue weighted by molar-refractivity contribution is -0.0328. The molecular weight excluding hydrogens is 381 g/mol. The van der Waals surface area contributed by atoms with Gasteiger partial charge in [-0.25, -0.2) is 14.3 Å². The Balaban J connectivity index is 1.88. The minimum absolute atomic E-state index is 0.00500.